The van der Waals surface area contributed by atoms with Crippen molar-refractivity contribution in [2.75, 3.05) is 0 Å². The Morgan fingerprint density at radius 1 is 1.50 bits per heavy atom. The fraction of sp³-hybridized carbons (Fsp3) is 0.375. The normalized spacial score (nSPS) is 11.0. The highest BCUT2D eigenvalue weighted by molar-refractivity contribution is 6.17. The first-order valence-corrected chi connectivity index (χ1v) is 4.26. The molecular weight excluding hydrogens is 219 g/mol. The summed E-state index contributed by atoms with van der Waals surface area (Å²) in [6.07, 6.45) is -2.82. The van der Waals surface area contributed by atoms with Crippen molar-refractivity contribution >= 4 is 11.6 Å². The smallest absolute Gasteiger partial charge is 0.266 e. The highest BCUT2D eigenvalue weighted by atomic mass is 35.5. The first kappa shape index (κ1) is 11.3. The third-order valence-electron chi connectivity index (χ3n) is 1.71. The van der Waals surface area contributed by atoms with E-state index in [9.17, 15) is 13.2 Å². The number of hydrogen-bond acceptors (Lipinski definition) is 2. The molecule has 0 saturated heterocycles. The van der Waals surface area contributed by atoms with Crippen LogP contribution in [0.2, 0.25) is 0 Å². The molecule has 1 N–H and O–H groups in total. The minimum Gasteiger partial charge on any atom is -0.392 e. The number of alkyl halides is 3. The molecule has 0 atom stereocenters. The number of hydrogen-bond donors (Lipinski definition) is 1. The monoisotopic (exact) mass is 225 g/mol. The van der Waals surface area contributed by atoms with E-state index in [0.29, 0.717) is 0 Å². The topological polar surface area (TPSA) is 33.1 Å². The SMILES string of the molecule is OCc1cc(F)nc(CCl)c1C(F)F. The first-order chi connectivity index (χ1) is 6.60. The minimum absolute atomic E-state index is 0.178. The predicted molar refractivity (Wildman–Crippen MR) is 44.6 cm³/mol. The number of pyridine rings is 1. The molecule has 0 amide bonds. The summed E-state index contributed by atoms with van der Waals surface area (Å²) in [6.45, 7) is -0.664. The number of aliphatic hydroxyl groups excluding tert-OH is 1. The van der Waals surface area contributed by atoms with Crippen molar-refractivity contribution in [1.82, 2.24) is 4.98 Å². The van der Waals surface area contributed by atoms with Crippen LogP contribution in [0.4, 0.5) is 13.2 Å². The van der Waals surface area contributed by atoms with Gasteiger partial charge < -0.3 is 5.11 Å². The summed E-state index contributed by atoms with van der Waals surface area (Å²) < 4.78 is 37.6. The molecule has 0 fully saturated rings. The summed E-state index contributed by atoms with van der Waals surface area (Å²) in [7, 11) is 0. The zero-order chi connectivity index (χ0) is 10.7. The van der Waals surface area contributed by atoms with Gasteiger partial charge in [-0.3, -0.25) is 0 Å². The summed E-state index contributed by atoms with van der Waals surface area (Å²) in [6, 6.07) is 0.775. The van der Waals surface area contributed by atoms with Crippen LogP contribution in [0.25, 0.3) is 0 Å². The lowest BCUT2D eigenvalue weighted by atomic mass is 10.1. The van der Waals surface area contributed by atoms with Gasteiger partial charge in [0.05, 0.1) is 18.2 Å². The largest absolute Gasteiger partial charge is 0.392 e. The first-order valence-electron chi connectivity index (χ1n) is 3.73. The fourth-order valence-corrected chi connectivity index (χ4v) is 1.33. The van der Waals surface area contributed by atoms with Gasteiger partial charge in [-0.15, -0.1) is 11.6 Å². The van der Waals surface area contributed by atoms with E-state index in [2.05, 4.69) is 4.98 Å². The van der Waals surface area contributed by atoms with Crippen molar-refractivity contribution in [2.24, 2.45) is 0 Å². The summed E-state index contributed by atoms with van der Waals surface area (Å²) in [5.74, 6) is -1.24. The van der Waals surface area contributed by atoms with Crippen LogP contribution in [0.15, 0.2) is 6.07 Å². The van der Waals surface area contributed by atoms with Crippen molar-refractivity contribution in [3.8, 4) is 0 Å². The quantitative estimate of drug-likeness (QED) is 0.633. The van der Waals surface area contributed by atoms with E-state index in [1.165, 1.54) is 0 Å². The molecule has 0 aliphatic rings. The number of aliphatic hydroxyl groups is 1. The molecular formula is C8H7ClF3NO. The van der Waals surface area contributed by atoms with Crippen LogP contribution >= 0.6 is 11.6 Å². The Hall–Kier alpha value is -0.810. The van der Waals surface area contributed by atoms with Crippen molar-refractivity contribution in [1.29, 1.82) is 0 Å². The third kappa shape index (κ3) is 2.16. The zero-order valence-electron chi connectivity index (χ0n) is 6.98. The maximum absolute atomic E-state index is 12.7. The molecule has 0 saturated carbocycles. The number of rotatable bonds is 3. The average Bonchev–Trinajstić information content (AvgIpc) is 2.15. The highest BCUT2D eigenvalue weighted by Crippen LogP contribution is 2.27. The van der Waals surface area contributed by atoms with E-state index in [-0.39, 0.29) is 17.1 Å². The van der Waals surface area contributed by atoms with E-state index in [1.54, 1.807) is 0 Å². The summed E-state index contributed by atoms with van der Waals surface area (Å²) in [4.78, 5) is 3.23. The van der Waals surface area contributed by atoms with E-state index in [4.69, 9.17) is 16.7 Å². The summed E-state index contributed by atoms with van der Waals surface area (Å²) >= 11 is 5.33. The van der Waals surface area contributed by atoms with Gasteiger partial charge in [-0.25, -0.2) is 13.8 Å². The lowest BCUT2D eigenvalue weighted by Gasteiger charge is -2.10. The van der Waals surface area contributed by atoms with Gasteiger partial charge in [0, 0.05) is 5.56 Å². The average molecular weight is 226 g/mol. The van der Waals surface area contributed by atoms with Crippen molar-refractivity contribution in [2.45, 2.75) is 18.9 Å². The number of halogens is 4. The van der Waals surface area contributed by atoms with Crippen molar-refractivity contribution in [3.63, 3.8) is 0 Å². The van der Waals surface area contributed by atoms with Crippen molar-refractivity contribution in [3.05, 3.63) is 28.8 Å². The van der Waals surface area contributed by atoms with Crippen LogP contribution in [0.3, 0.4) is 0 Å². The molecule has 78 valence electrons. The Morgan fingerprint density at radius 3 is 2.57 bits per heavy atom. The second kappa shape index (κ2) is 4.61. The van der Waals surface area contributed by atoms with Crippen LogP contribution in [0.1, 0.15) is 23.2 Å². The predicted octanol–water partition coefficient (Wildman–Crippen LogP) is 2.39. The Labute approximate surface area is 83.3 Å². The Morgan fingerprint density at radius 2 is 2.14 bits per heavy atom. The molecule has 0 spiro atoms. The van der Waals surface area contributed by atoms with Gasteiger partial charge >= 0.3 is 0 Å². The zero-order valence-corrected chi connectivity index (χ0v) is 7.73. The molecule has 0 aromatic carbocycles. The molecule has 1 aromatic heterocycles. The Bertz CT molecular complexity index is 307. The standard InChI is InChI=1S/C8H7ClF3NO/c9-2-5-7(8(11)12)4(3-14)1-6(10)13-5/h1,8,14H,2-3H2. The van der Waals surface area contributed by atoms with Gasteiger partial charge in [0.25, 0.3) is 6.43 Å². The lowest BCUT2D eigenvalue weighted by Crippen LogP contribution is -2.04. The highest BCUT2D eigenvalue weighted by Gasteiger charge is 2.19. The van der Waals surface area contributed by atoms with Crippen LogP contribution in [0, 0.1) is 5.95 Å². The fourth-order valence-electron chi connectivity index (χ4n) is 1.13. The molecule has 14 heavy (non-hydrogen) atoms. The maximum Gasteiger partial charge on any atom is 0.266 e. The molecule has 0 bridgehead atoms. The molecule has 2 nitrogen and oxygen atoms in total. The second-order valence-corrected chi connectivity index (χ2v) is 2.82. The Balaban J connectivity index is 3.33. The van der Waals surface area contributed by atoms with E-state index >= 15 is 0 Å². The third-order valence-corrected chi connectivity index (χ3v) is 1.96. The number of aromatic nitrogens is 1. The molecule has 6 heteroatoms. The molecule has 1 aromatic rings. The van der Waals surface area contributed by atoms with E-state index < -0.39 is 24.5 Å². The van der Waals surface area contributed by atoms with Gasteiger partial charge in [0.1, 0.15) is 0 Å². The molecule has 1 heterocycles. The van der Waals surface area contributed by atoms with Gasteiger partial charge in [-0.1, -0.05) is 0 Å². The van der Waals surface area contributed by atoms with Gasteiger partial charge in [-0.2, -0.15) is 4.39 Å². The maximum atomic E-state index is 12.7. The van der Waals surface area contributed by atoms with Crippen LogP contribution in [0.5, 0.6) is 0 Å². The summed E-state index contributed by atoms with van der Waals surface area (Å²) in [5.41, 5.74) is -0.891. The minimum atomic E-state index is -2.82. The second-order valence-electron chi connectivity index (χ2n) is 2.56. The molecule has 0 radical (unpaired) electrons. The van der Waals surface area contributed by atoms with Gasteiger partial charge in [-0.05, 0) is 11.6 Å². The molecule has 0 unspecified atom stereocenters. The molecule has 0 aliphatic heterocycles. The molecule has 0 aliphatic carbocycles. The van der Waals surface area contributed by atoms with Crippen molar-refractivity contribution < 1.29 is 18.3 Å². The van der Waals surface area contributed by atoms with Gasteiger partial charge in [0.15, 0.2) is 0 Å². The lowest BCUT2D eigenvalue weighted by molar-refractivity contribution is 0.145. The van der Waals surface area contributed by atoms with Crippen LogP contribution in [-0.2, 0) is 12.5 Å². The summed E-state index contributed by atoms with van der Waals surface area (Å²) in [5, 5.41) is 8.74. The van der Waals surface area contributed by atoms with Gasteiger partial charge in [0.2, 0.25) is 5.95 Å². The van der Waals surface area contributed by atoms with Crippen LogP contribution in [-0.4, -0.2) is 10.1 Å². The van der Waals surface area contributed by atoms with E-state index in [0.717, 1.165) is 6.07 Å². The number of nitrogens with zero attached hydrogens (tertiary/aromatic N) is 1. The Kier molecular flexibility index (Phi) is 3.71. The van der Waals surface area contributed by atoms with E-state index in [1.807, 2.05) is 0 Å². The molecule has 1 rings (SSSR count). The van der Waals surface area contributed by atoms with Crippen LogP contribution < -0.4 is 0 Å².